The Kier molecular flexibility index (Phi) is 4.92. The SMILES string of the molecule is COC(=O)[C@@H]1CCCCN1C(=O)OCc1ccccn1. The number of carbonyl (C=O) groups excluding carboxylic acids is 2. The number of aromatic nitrogens is 1. The van der Waals surface area contributed by atoms with E-state index < -0.39 is 12.1 Å². The Morgan fingerprint density at radius 3 is 2.95 bits per heavy atom. The number of nitrogens with zero attached hydrogens (tertiary/aromatic N) is 2. The molecular weight excluding hydrogens is 260 g/mol. The zero-order chi connectivity index (χ0) is 14.4. The molecule has 2 heterocycles. The number of rotatable bonds is 3. The third-order valence-electron chi connectivity index (χ3n) is 3.28. The predicted octanol–water partition coefficient (Wildman–Crippen LogP) is 1.75. The van der Waals surface area contributed by atoms with Crippen LogP contribution >= 0.6 is 0 Å². The normalized spacial score (nSPS) is 18.4. The first-order valence-electron chi connectivity index (χ1n) is 6.63. The molecule has 0 unspecified atom stereocenters. The summed E-state index contributed by atoms with van der Waals surface area (Å²) >= 11 is 0. The first-order valence-corrected chi connectivity index (χ1v) is 6.63. The fraction of sp³-hybridized carbons (Fsp3) is 0.500. The number of likely N-dealkylation sites (tertiary alicyclic amines) is 1. The molecule has 6 nitrogen and oxygen atoms in total. The van der Waals surface area contributed by atoms with Crippen molar-refractivity contribution in [1.29, 1.82) is 0 Å². The van der Waals surface area contributed by atoms with E-state index >= 15 is 0 Å². The number of methoxy groups -OCH3 is 1. The maximum Gasteiger partial charge on any atom is 0.410 e. The monoisotopic (exact) mass is 278 g/mol. The Bertz CT molecular complexity index is 464. The number of ether oxygens (including phenoxy) is 2. The third kappa shape index (κ3) is 3.46. The van der Waals surface area contributed by atoms with Crippen LogP contribution in [0.2, 0.25) is 0 Å². The fourth-order valence-corrected chi connectivity index (χ4v) is 2.23. The quantitative estimate of drug-likeness (QED) is 0.788. The van der Waals surface area contributed by atoms with Gasteiger partial charge >= 0.3 is 12.1 Å². The first-order chi connectivity index (χ1) is 9.72. The van der Waals surface area contributed by atoms with Crippen molar-refractivity contribution in [2.45, 2.75) is 31.9 Å². The number of esters is 1. The van der Waals surface area contributed by atoms with Crippen LogP contribution in [0.1, 0.15) is 25.0 Å². The lowest BCUT2D eigenvalue weighted by Crippen LogP contribution is -2.48. The highest BCUT2D eigenvalue weighted by Crippen LogP contribution is 2.19. The highest BCUT2D eigenvalue weighted by atomic mass is 16.6. The number of carbonyl (C=O) groups is 2. The number of hydrogen-bond donors (Lipinski definition) is 0. The molecule has 0 aliphatic carbocycles. The zero-order valence-electron chi connectivity index (χ0n) is 11.4. The lowest BCUT2D eigenvalue weighted by molar-refractivity contribution is -0.147. The van der Waals surface area contributed by atoms with Gasteiger partial charge in [-0.2, -0.15) is 0 Å². The van der Waals surface area contributed by atoms with Crippen molar-refractivity contribution in [2.24, 2.45) is 0 Å². The van der Waals surface area contributed by atoms with E-state index in [1.54, 1.807) is 18.3 Å². The second-order valence-electron chi connectivity index (χ2n) is 4.60. The molecule has 1 aromatic heterocycles. The molecule has 0 N–H and O–H groups in total. The summed E-state index contributed by atoms with van der Waals surface area (Å²) in [6.45, 7) is 0.616. The van der Waals surface area contributed by atoms with Crippen molar-refractivity contribution in [3.8, 4) is 0 Å². The first kappa shape index (κ1) is 14.3. The van der Waals surface area contributed by atoms with Gasteiger partial charge in [0.05, 0.1) is 12.8 Å². The summed E-state index contributed by atoms with van der Waals surface area (Å²) in [5, 5.41) is 0. The minimum atomic E-state index is -0.537. The lowest BCUT2D eigenvalue weighted by Gasteiger charge is -2.32. The van der Waals surface area contributed by atoms with Gasteiger partial charge in [-0.25, -0.2) is 9.59 Å². The van der Waals surface area contributed by atoms with Crippen LogP contribution < -0.4 is 0 Å². The van der Waals surface area contributed by atoms with Crippen molar-refractivity contribution in [2.75, 3.05) is 13.7 Å². The van der Waals surface area contributed by atoms with Gasteiger partial charge < -0.3 is 9.47 Å². The number of pyridine rings is 1. The Morgan fingerprint density at radius 2 is 2.25 bits per heavy atom. The summed E-state index contributed by atoms with van der Waals surface area (Å²) in [5.41, 5.74) is 0.674. The molecule has 0 aromatic carbocycles. The van der Waals surface area contributed by atoms with Gasteiger partial charge in [-0.1, -0.05) is 6.07 Å². The molecule has 1 saturated heterocycles. The van der Waals surface area contributed by atoms with Gasteiger partial charge in [0.2, 0.25) is 0 Å². The summed E-state index contributed by atoms with van der Waals surface area (Å²) in [6, 6.07) is 4.86. The minimum absolute atomic E-state index is 0.101. The van der Waals surface area contributed by atoms with Gasteiger partial charge in [0, 0.05) is 12.7 Å². The average Bonchev–Trinajstić information content (AvgIpc) is 2.52. The van der Waals surface area contributed by atoms with Crippen LogP contribution in [0.3, 0.4) is 0 Å². The summed E-state index contributed by atoms with van der Waals surface area (Å²) in [7, 11) is 1.33. The highest BCUT2D eigenvalue weighted by Gasteiger charge is 2.33. The van der Waals surface area contributed by atoms with Gasteiger partial charge in [-0.3, -0.25) is 9.88 Å². The Hall–Kier alpha value is -2.11. The minimum Gasteiger partial charge on any atom is -0.467 e. The molecular formula is C14H18N2O4. The van der Waals surface area contributed by atoms with Crippen molar-refractivity contribution in [3.63, 3.8) is 0 Å². The maximum atomic E-state index is 12.1. The molecule has 1 fully saturated rings. The zero-order valence-corrected chi connectivity index (χ0v) is 11.4. The van der Waals surface area contributed by atoms with Gasteiger partial charge in [-0.05, 0) is 31.4 Å². The average molecular weight is 278 g/mol. The largest absolute Gasteiger partial charge is 0.467 e. The van der Waals surface area contributed by atoms with Crippen LogP contribution in [0.5, 0.6) is 0 Å². The van der Waals surface area contributed by atoms with E-state index in [0.29, 0.717) is 18.7 Å². The van der Waals surface area contributed by atoms with Crippen LogP contribution in [0.4, 0.5) is 4.79 Å². The predicted molar refractivity (Wildman–Crippen MR) is 70.8 cm³/mol. The molecule has 108 valence electrons. The topological polar surface area (TPSA) is 68.7 Å². The smallest absolute Gasteiger partial charge is 0.410 e. The van der Waals surface area contributed by atoms with Gasteiger partial charge in [0.25, 0.3) is 0 Å². The summed E-state index contributed by atoms with van der Waals surface area (Å²) < 4.78 is 9.94. The molecule has 0 radical (unpaired) electrons. The van der Waals surface area contributed by atoms with E-state index in [4.69, 9.17) is 9.47 Å². The van der Waals surface area contributed by atoms with Gasteiger partial charge in [0.15, 0.2) is 0 Å². The standard InChI is InChI=1S/C14H18N2O4/c1-19-13(17)12-7-3-5-9-16(12)14(18)20-10-11-6-2-4-8-15-11/h2,4,6,8,12H,3,5,7,9-10H2,1H3/t12-/m0/s1. The van der Waals surface area contributed by atoms with Gasteiger partial charge in [0.1, 0.15) is 12.6 Å². The summed E-state index contributed by atoms with van der Waals surface area (Å²) in [4.78, 5) is 29.3. The maximum absolute atomic E-state index is 12.1. The molecule has 1 aromatic rings. The van der Waals surface area contributed by atoms with E-state index in [2.05, 4.69) is 4.98 Å². The lowest BCUT2D eigenvalue weighted by atomic mass is 10.0. The summed E-state index contributed by atoms with van der Waals surface area (Å²) in [6.07, 6.45) is 3.54. The van der Waals surface area contributed by atoms with Crippen molar-refractivity contribution >= 4 is 12.1 Å². The molecule has 1 aliphatic heterocycles. The van der Waals surface area contributed by atoms with Gasteiger partial charge in [-0.15, -0.1) is 0 Å². The van der Waals surface area contributed by atoms with E-state index in [1.165, 1.54) is 12.0 Å². The number of piperidine rings is 1. The molecule has 1 amide bonds. The van der Waals surface area contributed by atoms with Crippen LogP contribution in [-0.4, -0.2) is 41.6 Å². The van der Waals surface area contributed by atoms with E-state index in [1.807, 2.05) is 6.07 Å². The molecule has 1 aliphatic rings. The Balaban J connectivity index is 1.94. The second kappa shape index (κ2) is 6.88. The number of amides is 1. The highest BCUT2D eigenvalue weighted by molar-refractivity contribution is 5.81. The molecule has 2 rings (SSSR count). The Morgan fingerprint density at radius 1 is 1.40 bits per heavy atom. The van der Waals surface area contributed by atoms with Crippen LogP contribution in [0.25, 0.3) is 0 Å². The second-order valence-corrected chi connectivity index (χ2v) is 4.60. The van der Waals surface area contributed by atoms with E-state index in [9.17, 15) is 9.59 Å². The molecule has 6 heteroatoms. The Labute approximate surface area is 117 Å². The van der Waals surface area contributed by atoms with E-state index in [0.717, 1.165) is 12.8 Å². The van der Waals surface area contributed by atoms with E-state index in [-0.39, 0.29) is 12.6 Å². The van der Waals surface area contributed by atoms with Crippen molar-refractivity contribution in [3.05, 3.63) is 30.1 Å². The number of hydrogen-bond acceptors (Lipinski definition) is 5. The third-order valence-corrected chi connectivity index (χ3v) is 3.28. The molecule has 0 spiro atoms. The molecule has 0 saturated carbocycles. The van der Waals surface area contributed by atoms with Crippen LogP contribution in [0.15, 0.2) is 24.4 Å². The fourth-order valence-electron chi connectivity index (χ4n) is 2.23. The summed E-state index contributed by atoms with van der Waals surface area (Å²) in [5.74, 6) is -0.389. The van der Waals surface area contributed by atoms with Crippen molar-refractivity contribution in [1.82, 2.24) is 9.88 Å². The van der Waals surface area contributed by atoms with Crippen molar-refractivity contribution < 1.29 is 19.1 Å². The van der Waals surface area contributed by atoms with Crippen LogP contribution in [0, 0.1) is 0 Å². The molecule has 1 atom stereocenters. The van der Waals surface area contributed by atoms with Crippen LogP contribution in [-0.2, 0) is 20.9 Å². The molecule has 0 bridgehead atoms. The molecule has 20 heavy (non-hydrogen) atoms.